The van der Waals surface area contributed by atoms with Crippen LogP contribution >= 0.6 is 0 Å². The zero-order valence-electron chi connectivity index (χ0n) is 17.4. The number of phenols is 1. The number of aromatic hydroxyl groups is 1. The van der Waals surface area contributed by atoms with Crippen LogP contribution in [0.4, 0.5) is 0 Å². The van der Waals surface area contributed by atoms with Gasteiger partial charge in [-0.1, -0.05) is 0 Å². The second kappa shape index (κ2) is 8.32. The molecule has 9 heteroatoms. The molecule has 0 aliphatic rings. The number of benzene rings is 2. The predicted octanol–water partition coefficient (Wildman–Crippen LogP) is 3.22. The van der Waals surface area contributed by atoms with Crippen LogP contribution in [-0.4, -0.2) is 47.8 Å². The monoisotopic (exact) mass is 418 g/mol. The summed E-state index contributed by atoms with van der Waals surface area (Å²) in [5.74, 6) is 1.15. The van der Waals surface area contributed by atoms with Crippen LogP contribution in [0.15, 0.2) is 27.4 Å². The normalized spacial score (nSPS) is 10.6. The van der Waals surface area contributed by atoms with Crippen molar-refractivity contribution in [2.24, 2.45) is 0 Å². The second-order valence-corrected chi connectivity index (χ2v) is 6.03. The summed E-state index contributed by atoms with van der Waals surface area (Å²) in [6.07, 6.45) is 0. The maximum Gasteiger partial charge on any atom is 0.211 e. The Hall–Kier alpha value is -3.75. The molecule has 0 fully saturated rings. The first kappa shape index (κ1) is 21.0. The smallest absolute Gasteiger partial charge is 0.211 e. The third-order valence-electron chi connectivity index (χ3n) is 4.60. The Morgan fingerprint density at radius 1 is 0.700 bits per heavy atom. The number of fused-ring (bicyclic) bond motifs is 1. The van der Waals surface area contributed by atoms with Gasteiger partial charge in [-0.05, 0) is 6.07 Å². The first-order valence-corrected chi connectivity index (χ1v) is 8.74. The van der Waals surface area contributed by atoms with Gasteiger partial charge in [-0.2, -0.15) is 0 Å². The van der Waals surface area contributed by atoms with Gasteiger partial charge in [-0.15, -0.1) is 0 Å². The van der Waals surface area contributed by atoms with Crippen LogP contribution in [-0.2, 0) is 0 Å². The summed E-state index contributed by atoms with van der Waals surface area (Å²) in [6.45, 7) is 0. The van der Waals surface area contributed by atoms with Gasteiger partial charge in [0.05, 0.1) is 48.2 Å². The highest BCUT2D eigenvalue weighted by atomic mass is 16.5. The average Bonchev–Trinajstić information content (AvgIpc) is 2.77. The molecule has 1 heterocycles. The van der Waals surface area contributed by atoms with Crippen LogP contribution in [0.5, 0.6) is 40.2 Å². The van der Waals surface area contributed by atoms with E-state index in [4.69, 9.17) is 32.8 Å². The van der Waals surface area contributed by atoms with Gasteiger partial charge in [0.15, 0.2) is 28.3 Å². The fraction of sp³-hybridized carbons (Fsp3) is 0.286. The molecule has 0 aliphatic carbocycles. The summed E-state index contributed by atoms with van der Waals surface area (Å²) >= 11 is 0. The predicted molar refractivity (Wildman–Crippen MR) is 109 cm³/mol. The number of hydrogen-bond acceptors (Lipinski definition) is 9. The van der Waals surface area contributed by atoms with E-state index in [1.165, 1.54) is 48.7 Å². The minimum Gasteiger partial charge on any atom is -0.504 e. The van der Waals surface area contributed by atoms with E-state index < -0.39 is 11.2 Å². The molecule has 2 aromatic carbocycles. The largest absolute Gasteiger partial charge is 0.504 e. The summed E-state index contributed by atoms with van der Waals surface area (Å²) in [5.41, 5.74) is -0.0858. The molecule has 1 aromatic heterocycles. The van der Waals surface area contributed by atoms with Crippen molar-refractivity contribution in [3.8, 4) is 51.6 Å². The summed E-state index contributed by atoms with van der Waals surface area (Å²) in [4.78, 5) is 12.9. The molecule has 160 valence electrons. The van der Waals surface area contributed by atoms with E-state index in [9.17, 15) is 9.90 Å². The first-order chi connectivity index (χ1) is 14.4. The molecule has 3 aromatic rings. The lowest BCUT2D eigenvalue weighted by Gasteiger charge is -2.17. The Morgan fingerprint density at radius 3 is 1.80 bits per heavy atom. The zero-order chi connectivity index (χ0) is 22.0. The number of phenolic OH excluding ortho intramolecular Hbond substituents is 1. The summed E-state index contributed by atoms with van der Waals surface area (Å²) in [5, 5.41) is 10.5. The maximum absolute atomic E-state index is 12.9. The summed E-state index contributed by atoms with van der Waals surface area (Å²) < 4.78 is 38.0. The minimum atomic E-state index is -0.514. The Bertz CT molecular complexity index is 1150. The average molecular weight is 418 g/mol. The Kier molecular flexibility index (Phi) is 5.81. The van der Waals surface area contributed by atoms with Crippen LogP contribution in [0.3, 0.4) is 0 Å². The lowest BCUT2D eigenvalue weighted by Crippen LogP contribution is -2.05. The van der Waals surface area contributed by atoms with E-state index >= 15 is 0 Å². The topological polar surface area (TPSA) is 106 Å². The SMILES string of the molecule is COc1cc(OC)c(-c2cc(=O)c3c(O)c(OC)c(OC)c(OC)c3o2)cc1OC. The third kappa shape index (κ3) is 3.18. The first-order valence-electron chi connectivity index (χ1n) is 8.74. The van der Waals surface area contributed by atoms with Crippen LogP contribution in [0, 0.1) is 0 Å². The van der Waals surface area contributed by atoms with Crippen LogP contribution < -0.4 is 33.8 Å². The molecule has 0 radical (unpaired) electrons. The van der Waals surface area contributed by atoms with Gasteiger partial charge in [0.2, 0.25) is 17.2 Å². The minimum absolute atomic E-state index is 0.00742. The Labute approximate surface area is 172 Å². The standard InChI is InChI=1S/C21H22O9/c1-24-12-9-15(26-3)14(25-2)7-10(12)13-8-11(22)16-17(23)19(27-4)21(29-6)20(28-5)18(16)30-13/h7-9,23H,1-6H3. The zero-order valence-corrected chi connectivity index (χ0v) is 17.4. The molecule has 30 heavy (non-hydrogen) atoms. The lowest BCUT2D eigenvalue weighted by molar-refractivity contribution is 0.311. The Morgan fingerprint density at radius 2 is 1.27 bits per heavy atom. The highest BCUT2D eigenvalue weighted by Gasteiger charge is 2.27. The quantitative estimate of drug-likeness (QED) is 0.619. The molecular weight excluding hydrogens is 396 g/mol. The highest BCUT2D eigenvalue weighted by molar-refractivity contribution is 5.95. The van der Waals surface area contributed by atoms with Crippen molar-refractivity contribution in [1.29, 1.82) is 0 Å². The number of hydrogen-bond donors (Lipinski definition) is 1. The molecule has 0 saturated heterocycles. The molecule has 1 N–H and O–H groups in total. The maximum atomic E-state index is 12.9. The Balaban J connectivity index is 2.42. The second-order valence-electron chi connectivity index (χ2n) is 6.03. The van der Waals surface area contributed by atoms with Gasteiger partial charge >= 0.3 is 0 Å². The summed E-state index contributed by atoms with van der Waals surface area (Å²) in [7, 11) is 8.57. The van der Waals surface area contributed by atoms with Gasteiger partial charge in [-0.3, -0.25) is 4.79 Å². The highest BCUT2D eigenvalue weighted by Crippen LogP contribution is 2.50. The van der Waals surface area contributed by atoms with E-state index in [2.05, 4.69) is 0 Å². The molecule has 0 aliphatic heterocycles. The fourth-order valence-corrected chi connectivity index (χ4v) is 3.22. The van der Waals surface area contributed by atoms with E-state index in [0.29, 0.717) is 22.8 Å². The van der Waals surface area contributed by atoms with Crippen molar-refractivity contribution in [1.82, 2.24) is 0 Å². The van der Waals surface area contributed by atoms with Gasteiger partial charge in [0.25, 0.3) is 0 Å². The molecule has 0 amide bonds. The van der Waals surface area contributed by atoms with Gasteiger partial charge < -0.3 is 37.9 Å². The van der Waals surface area contributed by atoms with Crippen LogP contribution in [0.1, 0.15) is 0 Å². The van der Waals surface area contributed by atoms with Gasteiger partial charge in [0, 0.05) is 12.1 Å². The van der Waals surface area contributed by atoms with E-state index in [0.717, 1.165) is 0 Å². The van der Waals surface area contributed by atoms with Gasteiger partial charge in [0.1, 0.15) is 16.9 Å². The third-order valence-corrected chi connectivity index (χ3v) is 4.60. The van der Waals surface area contributed by atoms with Crippen LogP contribution in [0.25, 0.3) is 22.3 Å². The van der Waals surface area contributed by atoms with E-state index in [1.54, 1.807) is 12.1 Å². The van der Waals surface area contributed by atoms with Gasteiger partial charge in [-0.25, -0.2) is 0 Å². The molecular formula is C21H22O9. The molecule has 0 spiro atoms. The van der Waals surface area contributed by atoms with E-state index in [-0.39, 0.29) is 34.0 Å². The van der Waals surface area contributed by atoms with Crippen molar-refractivity contribution in [2.45, 2.75) is 0 Å². The lowest BCUT2D eigenvalue weighted by atomic mass is 10.1. The molecule has 3 rings (SSSR count). The van der Waals surface area contributed by atoms with Crippen molar-refractivity contribution >= 4 is 11.0 Å². The molecule has 0 saturated carbocycles. The molecule has 0 atom stereocenters. The van der Waals surface area contributed by atoms with E-state index in [1.807, 2.05) is 0 Å². The van der Waals surface area contributed by atoms with Crippen molar-refractivity contribution < 1.29 is 37.9 Å². The van der Waals surface area contributed by atoms with Crippen molar-refractivity contribution in [3.05, 3.63) is 28.4 Å². The number of methoxy groups -OCH3 is 6. The molecule has 0 bridgehead atoms. The van der Waals surface area contributed by atoms with Crippen molar-refractivity contribution in [3.63, 3.8) is 0 Å². The van der Waals surface area contributed by atoms with Crippen molar-refractivity contribution in [2.75, 3.05) is 42.7 Å². The number of rotatable bonds is 7. The van der Waals surface area contributed by atoms with Crippen LogP contribution in [0.2, 0.25) is 0 Å². The summed E-state index contributed by atoms with van der Waals surface area (Å²) in [6, 6.07) is 4.47. The molecule has 0 unspecified atom stereocenters. The molecule has 9 nitrogen and oxygen atoms in total. The fourth-order valence-electron chi connectivity index (χ4n) is 3.22. The number of ether oxygens (including phenoxy) is 6.